The smallest absolute Gasteiger partial charge is 0.335 e. The molecule has 0 aromatic carbocycles. The first-order valence-electron chi connectivity index (χ1n) is 12.4. The Bertz CT molecular complexity index is 855. The summed E-state index contributed by atoms with van der Waals surface area (Å²) in [6.45, 7) is 4.58. The molecule has 5 rings (SSSR count). The van der Waals surface area contributed by atoms with Gasteiger partial charge in [0.05, 0.1) is 6.10 Å². The second kappa shape index (κ2) is 8.12. The van der Waals surface area contributed by atoms with Gasteiger partial charge in [-0.05, 0) is 79.6 Å². The molecule has 1 saturated heterocycles. The molecule has 4 aliphatic carbocycles. The summed E-state index contributed by atoms with van der Waals surface area (Å²) in [5, 5.41) is 39.9. The Morgan fingerprint density at radius 2 is 1.76 bits per heavy atom. The summed E-state index contributed by atoms with van der Waals surface area (Å²) in [7, 11) is 0. The summed E-state index contributed by atoms with van der Waals surface area (Å²) in [4.78, 5) is 23.5. The summed E-state index contributed by atoms with van der Waals surface area (Å²) >= 11 is 0. The average Bonchev–Trinajstić information content (AvgIpc) is 3.10. The van der Waals surface area contributed by atoms with Crippen LogP contribution in [0.5, 0.6) is 0 Å². The number of rotatable bonds is 3. The van der Waals surface area contributed by atoms with Crippen LogP contribution in [0.15, 0.2) is 11.6 Å². The number of fused-ring (bicyclic) bond motifs is 5. The van der Waals surface area contributed by atoms with Crippen molar-refractivity contribution >= 4 is 11.8 Å². The minimum Gasteiger partial charge on any atom is -0.479 e. The molecule has 33 heavy (non-hydrogen) atoms. The molecular weight excluding hydrogens is 428 g/mol. The summed E-state index contributed by atoms with van der Waals surface area (Å²) in [6, 6.07) is 0. The van der Waals surface area contributed by atoms with Crippen molar-refractivity contribution in [1.82, 2.24) is 0 Å². The van der Waals surface area contributed by atoms with Crippen molar-refractivity contribution in [1.29, 1.82) is 0 Å². The number of carbonyl (C=O) groups excluding carboxylic acids is 1. The fraction of sp³-hybridized carbons (Fsp3) is 0.840. The number of hydrogen-bond acceptors (Lipinski definition) is 7. The van der Waals surface area contributed by atoms with Gasteiger partial charge in [0.1, 0.15) is 18.3 Å². The number of carboxylic acids is 1. The van der Waals surface area contributed by atoms with Crippen LogP contribution in [0, 0.1) is 28.6 Å². The Morgan fingerprint density at radius 1 is 1.00 bits per heavy atom. The molecule has 3 saturated carbocycles. The third-order valence-corrected chi connectivity index (χ3v) is 9.99. The van der Waals surface area contributed by atoms with E-state index in [0.29, 0.717) is 24.2 Å². The van der Waals surface area contributed by atoms with Crippen molar-refractivity contribution in [3.8, 4) is 0 Å². The topological polar surface area (TPSA) is 134 Å². The maximum absolute atomic E-state index is 12.0. The van der Waals surface area contributed by atoms with Crippen molar-refractivity contribution < 1.29 is 39.5 Å². The van der Waals surface area contributed by atoms with E-state index in [4.69, 9.17) is 9.47 Å². The third-order valence-electron chi connectivity index (χ3n) is 9.99. The van der Waals surface area contributed by atoms with E-state index in [-0.39, 0.29) is 22.7 Å². The summed E-state index contributed by atoms with van der Waals surface area (Å²) in [5.74, 6) is 0.400. The number of aliphatic carboxylic acids is 1. The first kappa shape index (κ1) is 23.4. The standard InChI is InChI=1S/C25H36O8/c1-24-9-7-13(26)11-12(24)3-4-14-15-5-6-17(25(15,2)10-8-16(14)24)32-23-20(29)18(27)19(28)21(33-23)22(30)31/h11,14-21,23,27-29H,3-10H2,1-2H3,(H,30,31)/t14-,15-,16-,17+,18-,19-,20+,21-,23+,24-,25-/m0/s1. The first-order chi connectivity index (χ1) is 15.6. The van der Waals surface area contributed by atoms with Crippen LogP contribution in [0.3, 0.4) is 0 Å². The van der Waals surface area contributed by atoms with E-state index in [2.05, 4.69) is 13.8 Å². The number of carbonyl (C=O) groups is 2. The number of hydrogen-bond donors (Lipinski definition) is 4. The molecule has 0 aromatic heterocycles. The van der Waals surface area contributed by atoms with Crippen LogP contribution >= 0.6 is 0 Å². The van der Waals surface area contributed by atoms with Crippen LogP contribution in [0.1, 0.15) is 65.2 Å². The third kappa shape index (κ3) is 3.52. The van der Waals surface area contributed by atoms with Gasteiger partial charge in [-0.25, -0.2) is 4.79 Å². The van der Waals surface area contributed by atoms with Gasteiger partial charge in [0.2, 0.25) is 0 Å². The highest BCUT2D eigenvalue weighted by molar-refractivity contribution is 5.91. The fourth-order valence-electron chi connectivity index (χ4n) is 8.06. The van der Waals surface area contributed by atoms with E-state index in [9.17, 15) is 30.0 Å². The zero-order valence-corrected chi connectivity index (χ0v) is 19.4. The SMILES string of the molecule is C[C@]12CC[C@H]3[C@@H](CCC4=CC(=O)CC[C@@]43C)[C@@H]1CC[C@H]2O[C@@H]1O[C@H](C(=O)O)[C@@H](O)[C@H](O)[C@H]1O. The van der Waals surface area contributed by atoms with Gasteiger partial charge in [-0.3, -0.25) is 4.79 Å². The molecule has 1 aliphatic heterocycles. The number of ketones is 1. The molecule has 0 bridgehead atoms. The number of carboxylic acid groups (broad SMARTS) is 1. The number of aliphatic hydroxyl groups excluding tert-OH is 3. The monoisotopic (exact) mass is 464 g/mol. The average molecular weight is 465 g/mol. The quantitative estimate of drug-likeness (QED) is 0.497. The lowest BCUT2D eigenvalue weighted by Crippen LogP contribution is -2.61. The number of allylic oxidation sites excluding steroid dienone is 1. The lowest BCUT2D eigenvalue weighted by molar-refractivity contribution is -0.312. The Kier molecular flexibility index (Phi) is 5.77. The molecule has 5 aliphatic rings. The molecular formula is C25H36O8. The lowest BCUT2D eigenvalue weighted by Gasteiger charge is -2.58. The minimum atomic E-state index is -1.72. The molecule has 1 heterocycles. The molecule has 184 valence electrons. The summed E-state index contributed by atoms with van der Waals surface area (Å²) in [6.07, 6.45) is 1.24. The van der Waals surface area contributed by atoms with Crippen LogP contribution in [0.2, 0.25) is 0 Å². The molecule has 4 N–H and O–H groups in total. The zero-order chi connectivity index (χ0) is 23.7. The van der Waals surface area contributed by atoms with E-state index >= 15 is 0 Å². The van der Waals surface area contributed by atoms with Gasteiger partial charge in [-0.2, -0.15) is 0 Å². The van der Waals surface area contributed by atoms with Crippen LogP contribution < -0.4 is 0 Å². The number of aliphatic hydroxyl groups is 3. The molecule has 0 amide bonds. The lowest BCUT2D eigenvalue weighted by atomic mass is 9.47. The van der Waals surface area contributed by atoms with Crippen molar-refractivity contribution in [3.05, 3.63) is 11.6 Å². The maximum Gasteiger partial charge on any atom is 0.335 e. The Hall–Kier alpha value is -1.32. The van der Waals surface area contributed by atoms with Crippen molar-refractivity contribution in [2.24, 2.45) is 28.6 Å². The maximum atomic E-state index is 12.0. The summed E-state index contributed by atoms with van der Waals surface area (Å²) in [5.41, 5.74) is 1.29. The van der Waals surface area contributed by atoms with Crippen LogP contribution in [-0.2, 0) is 19.1 Å². The van der Waals surface area contributed by atoms with Gasteiger partial charge in [0.15, 0.2) is 18.2 Å². The molecule has 0 radical (unpaired) electrons. The predicted molar refractivity (Wildman–Crippen MR) is 116 cm³/mol. The van der Waals surface area contributed by atoms with E-state index in [1.54, 1.807) is 0 Å². The molecule has 4 fully saturated rings. The van der Waals surface area contributed by atoms with E-state index in [0.717, 1.165) is 44.9 Å². The van der Waals surface area contributed by atoms with Gasteiger partial charge >= 0.3 is 5.97 Å². The Labute approximate surface area is 194 Å². The van der Waals surface area contributed by atoms with Gasteiger partial charge < -0.3 is 29.9 Å². The van der Waals surface area contributed by atoms with Gasteiger partial charge in [0, 0.05) is 6.42 Å². The van der Waals surface area contributed by atoms with Crippen molar-refractivity contribution in [2.45, 2.75) is 102 Å². The van der Waals surface area contributed by atoms with E-state index in [1.807, 2.05) is 6.08 Å². The molecule has 8 nitrogen and oxygen atoms in total. The second-order valence-corrected chi connectivity index (χ2v) is 11.5. The van der Waals surface area contributed by atoms with Crippen molar-refractivity contribution in [3.63, 3.8) is 0 Å². The molecule has 0 unspecified atom stereocenters. The van der Waals surface area contributed by atoms with Crippen LogP contribution in [0.25, 0.3) is 0 Å². The number of ether oxygens (including phenoxy) is 2. The normalized spacial score (nSPS) is 51.8. The molecule has 0 aromatic rings. The highest BCUT2D eigenvalue weighted by Gasteiger charge is 2.60. The van der Waals surface area contributed by atoms with Crippen LogP contribution in [-0.4, -0.2) is 69.0 Å². The largest absolute Gasteiger partial charge is 0.479 e. The highest BCUT2D eigenvalue weighted by Crippen LogP contribution is 2.65. The van der Waals surface area contributed by atoms with Crippen molar-refractivity contribution in [2.75, 3.05) is 0 Å². The van der Waals surface area contributed by atoms with E-state index < -0.39 is 36.7 Å². The second-order valence-electron chi connectivity index (χ2n) is 11.5. The Balaban J connectivity index is 1.34. The molecule has 8 heteroatoms. The predicted octanol–water partition coefficient (Wildman–Crippen LogP) is 1.80. The summed E-state index contributed by atoms with van der Waals surface area (Å²) < 4.78 is 11.6. The first-order valence-corrected chi connectivity index (χ1v) is 12.4. The molecule has 0 spiro atoms. The Morgan fingerprint density at radius 3 is 2.48 bits per heavy atom. The van der Waals surface area contributed by atoms with Gasteiger partial charge in [-0.1, -0.05) is 19.4 Å². The van der Waals surface area contributed by atoms with Gasteiger partial charge in [-0.15, -0.1) is 0 Å². The minimum absolute atomic E-state index is 0.0920. The highest BCUT2D eigenvalue weighted by atomic mass is 16.7. The van der Waals surface area contributed by atoms with E-state index in [1.165, 1.54) is 5.57 Å². The fourth-order valence-corrected chi connectivity index (χ4v) is 8.06. The molecule has 11 atom stereocenters. The van der Waals surface area contributed by atoms with Crippen LogP contribution in [0.4, 0.5) is 0 Å². The van der Waals surface area contributed by atoms with Gasteiger partial charge in [0.25, 0.3) is 0 Å². The zero-order valence-electron chi connectivity index (χ0n) is 19.4.